The van der Waals surface area contributed by atoms with Crippen LogP contribution in [-0.2, 0) is 6.54 Å². The number of rotatable bonds is 5. The van der Waals surface area contributed by atoms with E-state index in [9.17, 15) is 13.2 Å². The van der Waals surface area contributed by atoms with Gasteiger partial charge in [0, 0.05) is 6.54 Å². The van der Waals surface area contributed by atoms with Gasteiger partial charge in [0.05, 0.1) is 10.7 Å². The van der Waals surface area contributed by atoms with Crippen LogP contribution in [0.25, 0.3) is 0 Å². The Hall–Kier alpha value is -1.88. The summed E-state index contributed by atoms with van der Waals surface area (Å²) < 4.78 is 41.8. The van der Waals surface area contributed by atoms with Gasteiger partial charge in [-0.1, -0.05) is 29.8 Å². The van der Waals surface area contributed by atoms with Crippen molar-refractivity contribution in [2.24, 2.45) is 0 Å². The Bertz CT molecular complexity index is 575. The van der Waals surface area contributed by atoms with E-state index in [1.165, 1.54) is 18.2 Å². The molecule has 0 heterocycles. The van der Waals surface area contributed by atoms with Crippen LogP contribution in [0.1, 0.15) is 5.56 Å². The number of hydrogen-bond donors (Lipinski definition) is 1. The summed E-state index contributed by atoms with van der Waals surface area (Å²) in [6, 6.07) is 10.7. The lowest BCUT2D eigenvalue weighted by molar-refractivity contribution is -0.0498. The fraction of sp³-hybridized carbons (Fsp3) is 0.143. The van der Waals surface area contributed by atoms with Gasteiger partial charge in [0.1, 0.15) is 5.75 Å². The first-order valence-corrected chi connectivity index (χ1v) is 6.15. The van der Waals surface area contributed by atoms with Crippen LogP contribution < -0.4 is 10.1 Å². The van der Waals surface area contributed by atoms with Gasteiger partial charge in [-0.2, -0.15) is 8.78 Å². The lowest BCUT2D eigenvalue weighted by Gasteiger charge is -2.09. The summed E-state index contributed by atoms with van der Waals surface area (Å²) in [7, 11) is 0. The Morgan fingerprint density at radius 3 is 2.45 bits per heavy atom. The molecule has 2 aromatic carbocycles. The quantitative estimate of drug-likeness (QED) is 0.865. The van der Waals surface area contributed by atoms with Gasteiger partial charge in [-0.3, -0.25) is 0 Å². The summed E-state index contributed by atoms with van der Waals surface area (Å²) in [6.07, 6.45) is 0. The van der Waals surface area contributed by atoms with Gasteiger partial charge in [0.2, 0.25) is 0 Å². The summed E-state index contributed by atoms with van der Waals surface area (Å²) in [6.45, 7) is -2.51. The third-order valence-corrected chi connectivity index (χ3v) is 2.87. The second-order valence-electron chi connectivity index (χ2n) is 3.98. The van der Waals surface area contributed by atoms with E-state index in [0.29, 0.717) is 6.54 Å². The van der Waals surface area contributed by atoms with Crippen molar-refractivity contribution in [2.75, 3.05) is 5.32 Å². The number of hydrogen-bond acceptors (Lipinski definition) is 2. The first kappa shape index (κ1) is 14.5. The zero-order valence-corrected chi connectivity index (χ0v) is 11.0. The van der Waals surface area contributed by atoms with Crippen LogP contribution in [0.4, 0.5) is 18.9 Å². The lowest BCUT2D eigenvalue weighted by Crippen LogP contribution is -2.03. The number of anilines is 1. The molecular formula is C14H11ClF3NO. The Morgan fingerprint density at radius 2 is 1.80 bits per heavy atom. The number of nitrogens with one attached hydrogen (secondary N) is 1. The molecule has 2 aromatic rings. The Balaban J connectivity index is 1.99. The predicted molar refractivity (Wildman–Crippen MR) is 71.8 cm³/mol. The fourth-order valence-corrected chi connectivity index (χ4v) is 1.80. The number of ether oxygens (including phenoxy) is 1. The highest BCUT2D eigenvalue weighted by Crippen LogP contribution is 2.23. The molecule has 0 spiro atoms. The molecule has 2 rings (SSSR count). The monoisotopic (exact) mass is 301 g/mol. The summed E-state index contributed by atoms with van der Waals surface area (Å²) in [4.78, 5) is 0. The smallest absolute Gasteiger partial charge is 0.387 e. The third kappa shape index (κ3) is 3.81. The molecule has 1 N–H and O–H groups in total. The molecule has 0 aliphatic carbocycles. The van der Waals surface area contributed by atoms with E-state index in [2.05, 4.69) is 10.1 Å². The highest BCUT2D eigenvalue weighted by atomic mass is 35.5. The molecule has 0 radical (unpaired) electrons. The average molecular weight is 302 g/mol. The molecule has 0 atom stereocenters. The topological polar surface area (TPSA) is 21.3 Å². The van der Waals surface area contributed by atoms with Crippen molar-refractivity contribution < 1.29 is 17.9 Å². The van der Waals surface area contributed by atoms with Gasteiger partial charge >= 0.3 is 6.61 Å². The number of halogens is 4. The van der Waals surface area contributed by atoms with Gasteiger partial charge in [0.25, 0.3) is 0 Å². The zero-order chi connectivity index (χ0) is 14.5. The third-order valence-electron chi connectivity index (χ3n) is 2.58. The van der Waals surface area contributed by atoms with Crippen molar-refractivity contribution in [2.45, 2.75) is 13.2 Å². The van der Waals surface area contributed by atoms with Crippen LogP contribution >= 0.6 is 11.6 Å². The van der Waals surface area contributed by atoms with Gasteiger partial charge in [-0.15, -0.1) is 0 Å². The van der Waals surface area contributed by atoms with Crippen LogP contribution in [0.3, 0.4) is 0 Å². The molecule has 6 heteroatoms. The average Bonchev–Trinajstić information content (AvgIpc) is 2.41. The van der Waals surface area contributed by atoms with Crippen molar-refractivity contribution in [1.29, 1.82) is 0 Å². The molecule has 0 aromatic heterocycles. The molecule has 0 fully saturated rings. The normalized spacial score (nSPS) is 10.7. The maximum Gasteiger partial charge on any atom is 0.387 e. The van der Waals surface area contributed by atoms with E-state index in [1.807, 2.05) is 0 Å². The summed E-state index contributed by atoms with van der Waals surface area (Å²) >= 11 is 5.66. The van der Waals surface area contributed by atoms with Crippen LogP contribution in [0.2, 0.25) is 5.02 Å². The highest BCUT2D eigenvalue weighted by Gasteiger charge is 2.06. The van der Waals surface area contributed by atoms with E-state index < -0.39 is 12.4 Å². The van der Waals surface area contributed by atoms with E-state index in [-0.39, 0.29) is 16.5 Å². The van der Waals surface area contributed by atoms with Gasteiger partial charge in [-0.05, 0) is 29.8 Å². The van der Waals surface area contributed by atoms with E-state index >= 15 is 0 Å². The summed E-state index contributed by atoms with van der Waals surface area (Å²) in [5.74, 6) is -0.440. The Morgan fingerprint density at radius 1 is 1.10 bits per heavy atom. The summed E-state index contributed by atoms with van der Waals surface area (Å²) in [5.41, 5.74) is 1.08. The van der Waals surface area contributed by atoms with E-state index in [0.717, 1.165) is 5.56 Å². The van der Waals surface area contributed by atoms with Gasteiger partial charge in [0.15, 0.2) is 5.82 Å². The van der Waals surface area contributed by atoms with Gasteiger partial charge in [-0.25, -0.2) is 4.39 Å². The molecule has 2 nitrogen and oxygen atoms in total. The second-order valence-corrected chi connectivity index (χ2v) is 4.38. The number of benzene rings is 2. The largest absolute Gasteiger partial charge is 0.435 e. The van der Waals surface area contributed by atoms with Crippen molar-refractivity contribution in [1.82, 2.24) is 0 Å². The molecule has 106 valence electrons. The molecule has 0 aliphatic rings. The zero-order valence-electron chi connectivity index (χ0n) is 10.2. The maximum absolute atomic E-state index is 13.6. The molecule has 0 aliphatic heterocycles. The fourth-order valence-electron chi connectivity index (χ4n) is 1.63. The maximum atomic E-state index is 13.6. The minimum Gasteiger partial charge on any atom is -0.435 e. The first-order chi connectivity index (χ1) is 9.56. The van der Waals surface area contributed by atoms with E-state index in [1.54, 1.807) is 24.3 Å². The van der Waals surface area contributed by atoms with Crippen molar-refractivity contribution in [3.63, 3.8) is 0 Å². The van der Waals surface area contributed by atoms with Crippen LogP contribution in [0, 0.1) is 5.82 Å². The van der Waals surface area contributed by atoms with Crippen molar-refractivity contribution in [3.8, 4) is 5.75 Å². The minimum absolute atomic E-state index is 0.0377. The Labute approximate surface area is 119 Å². The first-order valence-electron chi connectivity index (χ1n) is 5.78. The van der Waals surface area contributed by atoms with Crippen molar-refractivity contribution >= 4 is 17.3 Å². The second kappa shape index (κ2) is 6.52. The Kier molecular flexibility index (Phi) is 4.74. The SMILES string of the molecule is Fc1c(Cl)cccc1NCc1ccc(OC(F)F)cc1. The molecule has 0 bridgehead atoms. The summed E-state index contributed by atoms with van der Waals surface area (Å²) in [5, 5.41) is 2.92. The van der Waals surface area contributed by atoms with E-state index in [4.69, 9.17) is 11.6 Å². The molecule has 0 unspecified atom stereocenters. The molecule has 20 heavy (non-hydrogen) atoms. The van der Waals surface area contributed by atoms with Crippen LogP contribution in [-0.4, -0.2) is 6.61 Å². The van der Waals surface area contributed by atoms with Crippen LogP contribution in [0.5, 0.6) is 5.75 Å². The highest BCUT2D eigenvalue weighted by molar-refractivity contribution is 6.31. The predicted octanol–water partition coefficient (Wildman–Crippen LogP) is 4.69. The van der Waals surface area contributed by atoms with Crippen molar-refractivity contribution in [3.05, 3.63) is 58.9 Å². The van der Waals surface area contributed by atoms with Gasteiger partial charge < -0.3 is 10.1 Å². The minimum atomic E-state index is -2.85. The van der Waals surface area contributed by atoms with Crippen LogP contribution in [0.15, 0.2) is 42.5 Å². The molecular weight excluding hydrogens is 291 g/mol. The molecule has 0 saturated heterocycles. The molecule has 0 saturated carbocycles. The number of alkyl halides is 2. The molecule has 0 amide bonds. The lowest BCUT2D eigenvalue weighted by atomic mass is 10.2. The standard InChI is InChI=1S/C14H11ClF3NO/c15-11-2-1-3-12(13(11)16)19-8-9-4-6-10(7-5-9)20-14(17)18/h1-7,14,19H,8H2.